The Labute approximate surface area is 155 Å². The van der Waals surface area contributed by atoms with Crippen LogP contribution in [-0.4, -0.2) is 25.0 Å². The van der Waals surface area contributed by atoms with Crippen LogP contribution in [0.3, 0.4) is 0 Å². The zero-order valence-electron chi connectivity index (χ0n) is 14.2. The zero-order chi connectivity index (χ0) is 18.2. The number of ether oxygens (including phenoxy) is 1. The number of amides is 2. The third kappa shape index (κ3) is 6.23. The number of para-hydroxylation sites is 1. The van der Waals surface area contributed by atoms with Gasteiger partial charge in [0.15, 0.2) is 6.61 Å². The number of hydrogen-bond acceptors (Lipinski definition) is 3. The molecule has 0 unspecified atom stereocenters. The van der Waals surface area contributed by atoms with E-state index >= 15 is 0 Å². The maximum Gasteiger partial charge on any atom is 0.262 e. The molecule has 0 bridgehead atoms. The highest BCUT2D eigenvalue weighted by atomic mass is 79.9. The maximum absolute atomic E-state index is 12.3. The predicted octanol–water partition coefficient (Wildman–Crippen LogP) is 3.85. The van der Waals surface area contributed by atoms with Crippen LogP contribution in [0, 0.1) is 5.92 Å². The lowest BCUT2D eigenvalue weighted by Crippen LogP contribution is -2.29. The number of nitrogens with one attached hydrogen (secondary N) is 2. The summed E-state index contributed by atoms with van der Waals surface area (Å²) in [4.78, 5) is 24.4. The highest BCUT2D eigenvalue weighted by molar-refractivity contribution is 9.10. The SMILES string of the molecule is CC(C)CNC(=O)c1ccccc1NC(=O)COc1ccc(Br)cc1. The molecular weight excluding hydrogens is 384 g/mol. The summed E-state index contributed by atoms with van der Waals surface area (Å²) in [5, 5.41) is 5.58. The van der Waals surface area contributed by atoms with E-state index in [4.69, 9.17) is 4.74 Å². The lowest BCUT2D eigenvalue weighted by molar-refractivity contribution is -0.118. The van der Waals surface area contributed by atoms with Crippen molar-refractivity contribution in [1.82, 2.24) is 5.32 Å². The summed E-state index contributed by atoms with van der Waals surface area (Å²) in [5.41, 5.74) is 0.897. The number of halogens is 1. The summed E-state index contributed by atoms with van der Waals surface area (Å²) in [6.45, 7) is 4.48. The van der Waals surface area contributed by atoms with Crippen molar-refractivity contribution in [2.75, 3.05) is 18.5 Å². The molecule has 2 aromatic carbocycles. The number of carbonyl (C=O) groups is 2. The Kier molecular flexibility index (Phi) is 7.01. The summed E-state index contributed by atoms with van der Waals surface area (Å²) >= 11 is 3.34. The van der Waals surface area contributed by atoms with Crippen LogP contribution in [0.15, 0.2) is 53.0 Å². The molecule has 6 heteroatoms. The van der Waals surface area contributed by atoms with Crippen molar-refractivity contribution in [2.24, 2.45) is 5.92 Å². The van der Waals surface area contributed by atoms with Gasteiger partial charge in [-0.1, -0.05) is 41.9 Å². The summed E-state index contributed by atoms with van der Waals surface area (Å²) in [7, 11) is 0. The number of rotatable bonds is 7. The molecule has 2 rings (SSSR count). The Morgan fingerprint density at radius 1 is 1.08 bits per heavy atom. The molecule has 25 heavy (non-hydrogen) atoms. The van der Waals surface area contributed by atoms with Crippen LogP contribution >= 0.6 is 15.9 Å². The molecule has 0 aliphatic rings. The molecule has 0 aliphatic carbocycles. The van der Waals surface area contributed by atoms with E-state index in [2.05, 4.69) is 26.6 Å². The number of anilines is 1. The lowest BCUT2D eigenvalue weighted by Gasteiger charge is -2.13. The monoisotopic (exact) mass is 404 g/mol. The second-order valence-electron chi connectivity index (χ2n) is 5.94. The molecule has 0 heterocycles. The first-order valence-corrected chi connectivity index (χ1v) is 8.80. The van der Waals surface area contributed by atoms with Crippen molar-refractivity contribution in [2.45, 2.75) is 13.8 Å². The molecule has 0 aliphatic heterocycles. The van der Waals surface area contributed by atoms with E-state index in [0.29, 0.717) is 29.5 Å². The Bertz CT molecular complexity index is 730. The van der Waals surface area contributed by atoms with Crippen LogP contribution in [0.4, 0.5) is 5.69 Å². The van der Waals surface area contributed by atoms with Gasteiger partial charge < -0.3 is 15.4 Å². The minimum atomic E-state index is -0.327. The van der Waals surface area contributed by atoms with E-state index in [1.807, 2.05) is 26.0 Å². The lowest BCUT2D eigenvalue weighted by atomic mass is 10.1. The van der Waals surface area contributed by atoms with Gasteiger partial charge in [-0.3, -0.25) is 9.59 Å². The average molecular weight is 405 g/mol. The van der Waals surface area contributed by atoms with Crippen molar-refractivity contribution in [3.8, 4) is 5.75 Å². The Hall–Kier alpha value is -2.34. The fraction of sp³-hybridized carbons (Fsp3) is 0.263. The van der Waals surface area contributed by atoms with Gasteiger partial charge in [-0.15, -0.1) is 0 Å². The number of carbonyl (C=O) groups excluding carboxylic acids is 2. The van der Waals surface area contributed by atoms with Gasteiger partial charge in [-0.25, -0.2) is 0 Å². The molecule has 0 radical (unpaired) electrons. The van der Waals surface area contributed by atoms with Crippen molar-refractivity contribution in [3.63, 3.8) is 0 Å². The van der Waals surface area contributed by atoms with E-state index in [-0.39, 0.29) is 18.4 Å². The fourth-order valence-corrected chi connectivity index (χ4v) is 2.31. The minimum Gasteiger partial charge on any atom is -0.484 e. The first kappa shape index (κ1) is 19.0. The smallest absolute Gasteiger partial charge is 0.262 e. The van der Waals surface area contributed by atoms with Crippen LogP contribution < -0.4 is 15.4 Å². The Balaban J connectivity index is 1.96. The van der Waals surface area contributed by atoms with Crippen molar-refractivity contribution in [3.05, 3.63) is 58.6 Å². The van der Waals surface area contributed by atoms with E-state index in [9.17, 15) is 9.59 Å². The maximum atomic E-state index is 12.3. The molecule has 0 saturated heterocycles. The van der Waals surface area contributed by atoms with Gasteiger partial charge >= 0.3 is 0 Å². The molecule has 2 N–H and O–H groups in total. The molecule has 0 atom stereocenters. The van der Waals surface area contributed by atoms with Crippen LogP contribution in [-0.2, 0) is 4.79 Å². The minimum absolute atomic E-state index is 0.135. The van der Waals surface area contributed by atoms with Crippen molar-refractivity contribution in [1.29, 1.82) is 0 Å². The molecule has 0 aromatic heterocycles. The van der Waals surface area contributed by atoms with Crippen LogP contribution in [0.5, 0.6) is 5.75 Å². The van der Waals surface area contributed by atoms with Crippen molar-refractivity contribution >= 4 is 33.4 Å². The summed E-state index contributed by atoms with van der Waals surface area (Å²) in [6.07, 6.45) is 0. The summed E-state index contributed by atoms with van der Waals surface area (Å²) in [6, 6.07) is 14.1. The molecule has 2 amide bonds. The standard InChI is InChI=1S/C19H21BrN2O3/c1-13(2)11-21-19(24)16-5-3-4-6-17(16)22-18(23)12-25-15-9-7-14(20)8-10-15/h3-10,13H,11-12H2,1-2H3,(H,21,24)(H,22,23). The van der Waals surface area contributed by atoms with Gasteiger partial charge in [-0.2, -0.15) is 0 Å². The molecule has 0 spiro atoms. The van der Waals surface area contributed by atoms with Gasteiger partial charge in [0.25, 0.3) is 11.8 Å². The third-order valence-corrected chi connectivity index (χ3v) is 3.83. The highest BCUT2D eigenvalue weighted by Crippen LogP contribution is 2.17. The average Bonchev–Trinajstić information content (AvgIpc) is 2.59. The van der Waals surface area contributed by atoms with Crippen LogP contribution in [0.25, 0.3) is 0 Å². The number of hydrogen-bond donors (Lipinski definition) is 2. The first-order valence-electron chi connectivity index (χ1n) is 8.01. The topological polar surface area (TPSA) is 67.4 Å². The molecular formula is C19H21BrN2O3. The molecule has 2 aromatic rings. The quantitative estimate of drug-likeness (QED) is 0.736. The second-order valence-corrected chi connectivity index (χ2v) is 6.86. The van der Waals surface area contributed by atoms with Gasteiger partial charge in [-0.05, 0) is 42.3 Å². The Morgan fingerprint density at radius 2 is 1.76 bits per heavy atom. The number of benzene rings is 2. The largest absolute Gasteiger partial charge is 0.484 e. The van der Waals surface area contributed by atoms with Gasteiger partial charge in [0.1, 0.15) is 5.75 Å². The molecule has 5 nitrogen and oxygen atoms in total. The summed E-state index contributed by atoms with van der Waals surface area (Å²) < 4.78 is 6.38. The first-order chi connectivity index (χ1) is 12.0. The van der Waals surface area contributed by atoms with Gasteiger partial charge in [0, 0.05) is 11.0 Å². The van der Waals surface area contributed by atoms with E-state index in [1.165, 1.54) is 0 Å². The molecule has 0 saturated carbocycles. The van der Waals surface area contributed by atoms with Gasteiger partial charge in [0.05, 0.1) is 11.3 Å². The Morgan fingerprint density at radius 3 is 2.44 bits per heavy atom. The second kappa shape index (κ2) is 9.22. The van der Waals surface area contributed by atoms with Crippen LogP contribution in [0.1, 0.15) is 24.2 Å². The van der Waals surface area contributed by atoms with Crippen LogP contribution in [0.2, 0.25) is 0 Å². The summed E-state index contributed by atoms with van der Waals surface area (Å²) in [5.74, 6) is 0.414. The highest BCUT2D eigenvalue weighted by Gasteiger charge is 2.13. The molecule has 0 fully saturated rings. The van der Waals surface area contributed by atoms with Gasteiger partial charge in [0.2, 0.25) is 0 Å². The third-order valence-electron chi connectivity index (χ3n) is 3.30. The van der Waals surface area contributed by atoms with E-state index < -0.39 is 0 Å². The van der Waals surface area contributed by atoms with E-state index in [1.54, 1.807) is 36.4 Å². The molecule has 132 valence electrons. The van der Waals surface area contributed by atoms with Crippen molar-refractivity contribution < 1.29 is 14.3 Å². The zero-order valence-corrected chi connectivity index (χ0v) is 15.8. The predicted molar refractivity (Wildman–Crippen MR) is 102 cm³/mol. The normalized spacial score (nSPS) is 10.4. The van der Waals surface area contributed by atoms with E-state index in [0.717, 1.165) is 4.47 Å². The fourth-order valence-electron chi connectivity index (χ4n) is 2.05.